The fourth-order valence-corrected chi connectivity index (χ4v) is 7.58. The van der Waals surface area contributed by atoms with Crippen molar-refractivity contribution >= 4 is 55.5 Å². The highest BCUT2D eigenvalue weighted by Crippen LogP contribution is 2.53. The Morgan fingerprint density at radius 1 is 0.634 bits per heavy atom. The van der Waals surface area contributed by atoms with Crippen LogP contribution in [0.15, 0.2) is 127 Å². The predicted molar refractivity (Wildman–Crippen MR) is 174 cm³/mol. The third kappa shape index (κ3) is 3.25. The van der Waals surface area contributed by atoms with Crippen molar-refractivity contribution in [1.29, 1.82) is 0 Å². The summed E-state index contributed by atoms with van der Waals surface area (Å²) in [4.78, 5) is 2.45. The molecule has 2 aliphatic heterocycles. The van der Waals surface area contributed by atoms with E-state index in [-0.39, 0.29) is 0 Å². The van der Waals surface area contributed by atoms with Crippen molar-refractivity contribution in [3.05, 3.63) is 138 Å². The van der Waals surface area contributed by atoms with Crippen molar-refractivity contribution in [2.45, 2.75) is 6.54 Å². The first-order valence-electron chi connectivity index (χ1n) is 14.0. The van der Waals surface area contributed by atoms with Crippen LogP contribution in [0.5, 0.6) is 0 Å². The summed E-state index contributed by atoms with van der Waals surface area (Å²) in [6, 6.07) is 42.3. The third-order valence-corrected chi connectivity index (χ3v) is 9.37. The van der Waals surface area contributed by atoms with E-state index in [1.807, 2.05) is 0 Å². The van der Waals surface area contributed by atoms with Crippen LogP contribution in [-0.4, -0.2) is 4.57 Å². The zero-order valence-corrected chi connectivity index (χ0v) is 23.0. The van der Waals surface area contributed by atoms with Crippen molar-refractivity contribution in [1.82, 2.24) is 9.88 Å². The second kappa shape index (κ2) is 8.72. The van der Waals surface area contributed by atoms with Gasteiger partial charge in [-0.3, -0.25) is 0 Å². The molecule has 4 heteroatoms. The first-order chi connectivity index (χ1) is 20.4. The van der Waals surface area contributed by atoms with E-state index in [1.165, 1.54) is 65.9 Å². The van der Waals surface area contributed by atoms with Crippen molar-refractivity contribution in [3.8, 4) is 27.9 Å². The van der Waals surface area contributed by atoms with Gasteiger partial charge in [0.15, 0.2) is 0 Å². The summed E-state index contributed by atoms with van der Waals surface area (Å²) in [5, 5.41) is 8.24. The highest BCUT2D eigenvalue weighted by atomic mass is 32.1. The number of benzene rings is 5. The summed E-state index contributed by atoms with van der Waals surface area (Å²) in [6.07, 6.45) is 4.26. The molecule has 41 heavy (non-hydrogen) atoms. The Hall–Kier alpha value is -5.06. The van der Waals surface area contributed by atoms with Gasteiger partial charge in [-0.05, 0) is 71.8 Å². The molecule has 3 nitrogen and oxygen atoms in total. The van der Waals surface area contributed by atoms with Crippen molar-refractivity contribution < 1.29 is 0 Å². The quantitative estimate of drug-likeness (QED) is 0.234. The largest absolute Gasteiger partial charge is 0.385 e. The average molecular weight is 544 g/mol. The number of thiophene rings is 1. The molecule has 0 bridgehead atoms. The molecule has 194 valence electrons. The predicted octanol–water partition coefficient (Wildman–Crippen LogP) is 10.0. The van der Waals surface area contributed by atoms with E-state index < -0.39 is 0 Å². The Morgan fingerprint density at radius 2 is 1.41 bits per heavy atom. The molecule has 5 aromatic carbocycles. The monoisotopic (exact) mass is 543 g/mol. The van der Waals surface area contributed by atoms with Crippen LogP contribution in [0.25, 0.3) is 55.0 Å². The minimum atomic E-state index is 0.798. The Balaban J connectivity index is 1.32. The van der Waals surface area contributed by atoms with Gasteiger partial charge in [-0.15, -0.1) is 11.3 Å². The van der Waals surface area contributed by atoms with E-state index in [0.29, 0.717) is 0 Å². The van der Waals surface area contributed by atoms with E-state index >= 15 is 0 Å². The van der Waals surface area contributed by atoms with Crippen LogP contribution in [0, 0.1) is 0 Å². The Morgan fingerprint density at radius 3 is 2.34 bits per heavy atom. The standard InChI is InChI=1S/C37H25N3S/c1-4-13-32-26(10-1)28-18-20-38-23-35(28)40(32)25-9-7-8-24(22-25)39-33-14-5-2-11-27(33)29-16-17-36-31(19-21-41-36)37(29)30-12-3-6-15-34(30)39/h1-22,38H,23H2. The molecule has 0 unspecified atom stereocenters. The molecule has 2 aliphatic rings. The summed E-state index contributed by atoms with van der Waals surface area (Å²) in [5.74, 6) is 0. The molecule has 0 spiro atoms. The summed E-state index contributed by atoms with van der Waals surface area (Å²) >= 11 is 1.81. The number of para-hydroxylation sites is 3. The summed E-state index contributed by atoms with van der Waals surface area (Å²) in [5.41, 5.74) is 13.6. The number of nitrogens with zero attached hydrogens (tertiary/aromatic N) is 2. The van der Waals surface area contributed by atoms with Gasteiger partial charge in [0.25, 0.3) is 0 Å². The van der Waals surface area contributed by atoms with Crippen LogP contribution in [0.4, 0.5) is 17.1 Å². The Bertz CT molecular complexity index is 2180. The van der Waals surface area contributed by atoms with Gasteiger partial charge in [-0.2, -0.15) is 0 Å². The van der Waals surface area contributed by atoms with Gasteiger partial charge < -0.3 is 14.8 Å². The molecule has 0 saturated heterocycles. The lowest BCUT2D eigenvalue weighted by Gasteiger charge is -2.28. The van der Waals surface area contributed by atoms with E-state index in [0.717, 1.165) is 17.9 Å². The van der Waals surface area contributed by atoms with E-state index in [1.54, 1.807) is 11.3 Å². The van der Waals surface area contributed by atoms with Crippen molar-refractivity contribution in [3.63, 3.8) is 0 Å². The lowest BCUT2D eigenvalue weighted by molar-refractivity contribution is 0.803. The molecule has 2 aromatic heterocycles. The molecule has 7 aromatic rings. The van der Waals surface area contributed by atoms with E-state index in [9.17, 15) is 0 Å². The smallest absolute Gasteiger partial charge is 0.0558 e. The zero-order valence-electron chi connectivity index (χ0n) is 22.2. The maximum absolute atomic E-state index is 3.44. The Kier molecular flexibility index (Phi) is 4.83. The summed E-state index contributed by atoms with van der Waals surface area (Å²) in [6.45, 7) is 0.798. The van der Waals surface area contributed by atoms with Gasteiger partial charge in [0, 0.05) is 49.1 Å². The van der Waals surface area contributed by atoms with Crippen LogP contribution < -0.4 is 10.2 Å². The topological polar surface area (TPSA) is 20.2 Å². The molecule has 0 amide bonds. The number of fused-ring (bicyclic) bond motifs is 10. The number of hydrogen-bond donors (Lipinski definition) is 1. The summed E-state index contributed by atoms with van der Waals surface area (Å²) in [7, 11) is 0. The highest BCUT2D eigenvalue weighted by molar-refractivity contribution is 7.17. The van der Waals surface area contributed by atoms with E-state index in [2.05, 4.69) is 148 Å². The van der Waals surface area contributed by atoms with Crippen LogP contribution in [0.1, 0.15) is 11.3 Å². The summed E-state index contributed by atoms with van der Waals surface area (Å²) < 4.78 is 3.74. The van der Waals surface area contributed by atoms with Crippen LogP contribution >= 0.6 is 11.3 Å². The van der Waals surface area contributed by atoms with Gasteiger partial charge in [0.2, 0.25) is 0 Å². The van der Waals surface area contributed by atoms with Crippen molar-refractivity contribution in [2.75, 3.05) is 4.90 Å². The van der Waals surface area contributed by atoms with Gasteiger partial charge in [0.05, 0.1) is 29.1 Å². The minimum absolute atomic E-state index is 0.798. The van der Waals surface area contributed by atoms with Gasteiger partial charge >= 0.3 is 0 Å². The lowest BCUT2D eigenvalue weighted by Crippen LogP contribution is -2.14. The molecule has 0 aliphatic carbocycles. The van der Waals surface area contributed by atoms with Gasteiger partial charge in [0.1, 0.15) is 0 Å². The molecule has 0 saturated carbocycles. The number of hydrogen-bond acceptors (Lipinski definition) is 3. The highest BCUT2D eigenvalue weighted by Gasteiger charge is 2.27. The Labute approximate surface area is 242 Å². The zero-order chi connectivity index (χ0) is 26.9. The van der Waals surface area contributed by atoms with E-state index in [4.69, 9.17) is 0 Å². The fraction of sp³-hybridized carbons (Fsp3) is 0.0270. The number of aromatic nitrogens is 1. The second-order valence-electron chi connectivity index (χ2n) is 10.6. The number of anilines is 3. The third-order valence-electron chi connectivity index (χ3n) is 8.48. The first kappa shape index (κ1) is 22.7. The van der Waals surface area contributed by atoms with Crippen molar-refractivity contribution in [2.24, 2.45) is 0 Å². The average Bonchev–Trinajstić information content (AvgIpc) is 3.61. The first-order valence-corrected chi connectivity index (χ1v) is 14.9. The molecule has 1 N–H and O–H groups in total. The second-order valence-corrected chi connectivity index (χ2v) is 11.6. The minimum Gasteiger partial charge on any atom is -0.385 e. The molecule has 9 rings (SSSR count). The number of nitrogens with one attached hydrogen (secondary N) is 1. The molecular weight excluding hydrogens is 518 g/mol. The maximum Gasteiger partial charge on any atom is 0.0558 e. The van der Waals surface area contributed by atoms with Gasteiger partial charge in [-0.1, -0.05) is 66.7 Å². The van der Waals surface area contributed by atoms with Crippen LogP contribution in [0.3, 0.4) is 0 Å². The molecule has 0 fully saturated rings. The normalized spacial score (nSPS) is 13.3. The molecule has 4 heterocycles. The van der Waals surface area contributed by atoms with Gasteiger partial charge in [-0.25, -0.2) is 0 Å². The molecule has 0 radical (unpaired) electrons. The molecule has 0 atom stereocenters. The maximum atomic E-state index is 3.44. The molecular formula is C37H25N3S. The lowest BCUT2D eigenvalue weighted by atomic mass is 9.92. The van der Waals surface area contributed by atoms with Crippen LogP contribution in [0.2, 0.25) is 0 Å². The SMILES string of the molecule is C1=Cc2c(n(-c3cccc(N4c5ccccc5-c5ccc6sccc6c5-c5ccccc54)c3)c3ccccc23)CN1. The van der Waals surface area contributed by atoms with Crippen LogP contribution in [-0.2, 0) is 6.54 Å². The number of rotatable bonds is 2. The fourth-order valence-electron chi connectivity index (χ4n) is 6.78.